The van der Waals surface area contributed by atoms with Gasteiger partial charge in [-0.15, -0.1) is 0 Å². The Labute approximate surface area is 170 Å². The van der Waals surface area contributed by atoms with Crippen molar-refractivity contribution in [2.45, 2.75) is 52.1 Å². The van der Waals surface area contributed by atoms with E-state index in [4.69, 9.17) is 5.73 Å². The van der Waals surface area contributed by atoms with Crippen molar-refractivity contribution in [1.82, 2.24) is 10.2 Å². The number of nitrogens with two attached hydrogens (primary N) is 1. The molecule has 0 bridgehead atoms. The molecule has 4 nitrogen and oxygen atoms in total. The minimum Gasteiger partial charge on any atom is -0.352 e. The van der Waals surface area contributed by atoms with Crippen LogP contribution in [0.3, 0.4) is 0 Å². The first-order chi connectivity index (χ1) is 13.3. The standard InChI is InChI=1S/C24H35N3O/c1-18(2)27(19(3)4)16-20(5)24(17-26-23(25)28,21-12-8-6-9-13-21)22-14-10-7-11-15-22/h6-15,18-20H,16-17H2,1-5H3,(H3,25,26,28). The van der Waals surface area contributed by atoms with Gasteiger partial charge in [0.05, 0.1) is 0 Å². The maximum absolute atomic E-state index is 11.7. The number of nitrogens with one attached hydrogen (secondary N) is 1. The van der Waals surface area contributed by atoms with Gasteiger partial charge in [-0.3, -0.25) is 4.90 Å². The molecule has 2 amide bonds. The first kappa shape index (κ1) is 22.0. The minimum absolute atomic E-state index is 0.244. The third-order valence-electron chi connectivity index (χ3n) is 5.77. The fourth-order valence-corrected chi connectivity index (χ4v) is 4.30. The van der Waals surface area contributed by atoms with Crippen LogP contribution in [-0.2, 0) is 5.41 Å². The maximum Gasteiger partial charge on any atom is 0.312 e. The smallest absolute Gasteiger partial charge is 0.312 e. The van der Waals surface area contributed by atoms with Crippen LogP contribution in [0, 0.1) is 5.92 Å². The summed E-state index contributed by atoms with van der Waals surface area (Å²) in [4.78, 5) is 14.2. The quantitative estimate of drug-likeness (QED) is 0.676. The average molecular weight is 382 g/mol. The molecule has 2 aromatic carbocycles. The van der Waals surface area contributed by atoms with E-state index in [0.29, 0.717) is 18.6 Å². The van der Waals surface area contributed by atoms with E-state index < -0.39 is 6.03 Å². The van der Waals surface area contributed by atoms with Crippen molar-refractivity contribution in [2.24, 2.45) is 11.7 Å². The summed E-state index contributed by atoms with van der Waals surface area (Å²) in [5.74, 6) is 0.244. The van der Waals surface area contributed by atoms with Gasteiger partial charge in [0, 0.05) is 30.6 Å². The number of carbonyl (C=O) groups is 1. The topological polar surface area (TPSA) is 58.4 Å². The second-order valence-corrected chi connectivity index (χ2v) is 8.21. The van der Waals surface area contributed by atoms with Crippen LogP contribution in [0.15, 0.2) is 60.7 Å². The van der Waals surface area contributed by atoms with Crippen molar-refractivity contribution in [2.75, 3.05) is 13.1 Å². The van der Waals surface area contributed by atoms with Crippen molar-refractivity contribution < 1.29 is 4.79 Å². The van der Waals surface area contributed by atoms with Crippen LogP contribution in [0.1, 0.15) is 45.7 Å². The van der Waals surface area contributed by atoms with Crippen LogP contribution in [0.4, 0.5) is 4.79 Å². The molecule has 4 heteroatoms. The van der Waals surface area contributed by atoms with Crippen LogP contribution < -0.4 is 11.1 Å². The molecule has 3 N–H and O–H groups in total. The largest absolute Gasteiger partial charge is 0.352 e. The Morgan fingerprint density at radius 2 is 1.32 bits per heavy atom. The lowest BCUT2D eigenvalue weighted by atomic mass is 9.66. The lowest BCUT2D eigenvalue weighted by Crippen LogP contribution is -2.52. The van der Waals surface area contributed by atoms with E-state index in [1.807, 2.05) is 12.1 Å². The molecule has 28 heavy (non-hydrogen) atoms. The molecular formula is C24H35N3O. The van der Waals surface area contributed by atoms with Gasteiger partial charge in [0.15, 0.2) is 0 Å². The van der Waals surface area contributed by atoms with E-state index in [1.165, 1.54) is 11.1 Å². The molecule has 0 spiro atoms. The molecule has 0 aliphatic heterocycles. The number of carbonyl (C=O) groups excluding carboxylic acids is 1. The summed E-state index contributed by atoms with van der Waals surface area (Å²) < 4.78 is 0. The number of hydrogen-bond donors (Lipinski definition) is 2. The SMILES string of the molecule is CC(C)N(CC(C)C(CNC(N)=O)(c1ccccc1)c1ccccc1)C(C)C. The molecule has 0 aromatic heterocycles. The molecule has 0 fully saturated rings. The third kappa shape index (κ3) is 4.93. The predicted molar refractivity (Wildman–Crippen MR) is 117 cm³/mol. The van der Waals surface area contributed by atoms with Gasteiger partial charge in [0.2, 0.25) is 0 Å². The van der Waals surface area contributed by atoms with E-state index in [9.17, 15) is 4.79 Å². The Morgan fingerprint density at radius 1 is 0.893 bits per heavy atom. The number of hydrogen-bond acceptors (Lipinski definition) is 2. The van der Waals surface area contributed by atoms with E-state index in [2.05, 4.69) is 93.4 Å². The van der Waals surface area contributed by atoms with Crippen LogP contribution in [0.5, 0.6) is 0 Å². The fraction of sp³-hybridized carbons (Fsp3) is 0.458. The summed E-state index contributed by atoms with van der Waals surface area (Å²) in [5, 5.41) is 2.92. The van der Waals surface area contributed by atoms with Crippen molar-refractivity contribution >= 4 is 6.03 Å². The lowest BCUT2D eigenvalue weighted by Gasteiger charge is -2.44. The van der Waals surface area contributed by atoms with E-state index >= 15 is 0 Å². The summed E-state index contributed by atoms with van der Waals surface area (Å²) in [7, 11) is 0. The molecule has 0 saturated heterocycles. The normalized spacial score (nSPS) is 13.1. The Kier molecular flexibility index (Phi) is 7.64. The maximum atomic E-state index is 11.7. The van der Waals surface area contributed by atoms with Gasteiger partial charge in [-0.1, -0.05) is 67.6 Å². The number of benzene rings is 2. The van der Waals surface area contributed by atoms with Crippen molar-refractivity contribution in [1.29, 1.82) is 0 Å². The number of urea groups is 1. The molecule has 2 aromatic rings. The van der Waals surface area contributed by atoms with Crippen molar-refractivity contribution in [3.63, 3.8) is 0 Å². The van der Waals surface area contributed by atoms with Gasteiger partial charge in [-0.25, -0.2) is 4.79 Å². The highest BCUT2D eigenvalue weighted by Gasteiger charge is 2.41. The highest BCUT2D eigenvalue weighted by molar-refractivity contribution is 5.72. The van der Waals surface area contributed by atoms with Crippen LogP contribution in [0.2, 0.25) is 0 Å². The lowest BCUT2D eigenvalue weighted by molar-refractivity contribution is 0.126. The second kappa shape index (κ2) is 9.74. The van der Waals surface area contributed by atoms with Gasteiger partial charge < -0.3 is 11.1 Å². The monoisotopic (exact) mass is 381 g/mol. The van der Waals surface area contributed by atoms with Gasteiger partial charge in [-0.2, -0.15) is 0 Å². The number of primary amides is 1. The Hall–Kier alpha value is -2.33. The minimum atomic E-state index is -0.493. The summed E-state index contributed by atoms with van der Waals surface area (Å²) in [6.45, 7) is 12.6. The molecule has 0 radical (unpaired) electrons. The summed E-state index contributed by atoms with van der Waals surface area (Å²) in [5.41, 5.74) is 7.50. The summed E-state index contributed by atoms with van der Waals surface area (Å²) in [6, 6.07) is 21.3. The number of nitrogens with zero attached hydrogens (tertiary/aromatic N) is 1. The molecular weight excluding hydrogens is 346 g/mol. The van der Waals surface area contributed by atoms with Crippen LogP contribution >= 0.6 is 0 Å². The van der Waals surface area contributed by atoms with Crippen molar-refractivity contribution in [3.8, 4) is 0 Å². The Balaban J connectivity index is 2.59. The average Bonchev–Trinajstić information content (AvgIpc) is 2.67. The molecule has 2 rings (SSSR count). The molecule has 152 valence electrons. The van der Waals surface area contributed by atoms with Crippen molar-refractivity contribution in [3.05, 3.63) is 71.8 Å². The highest BCUT2D eigenvalue weighted by Crippen LogP contribution is 2.40. The highest BCUT2D eigenvalue weighted by atomic mass is 16.2. The van der Waals surface area contributed by atoms with Gasteiger partial charge in [0.1, 0.15) is 0 Å². The fourth-order valence-electron chi connectivity index (χ4n) is 4.30. The zero-order valence-corrected chi connectivity index (χ0v) is 17.9. The zero-order valence-electron chi connectivity index (χ0n) is 17.9. The first-order valence-electron chi connectivity index (χ1n) is 10.2. The number of amides is 2. The summed E-state index contributed by atoms with van der Waals surface area (Å²) >= 11 is 0. The third-order valence-corrected chi connectivity index (χ3v) is 5.77. The Bertz CT molecular complexity index is 681. The molecule has 0 saturated carbocycles. The zero-order chi connectivity index (χ0) is 20.7. The molecule has 0 heterocycles. The van der Waals surface area contributed by atoms with Crippen LogP contribution in [-0.4, -0.2) is 36.1 Å². The van der Waals surface area contributed by atoms with Gasteiger partial charge in [-0.05, 0) is 44.7 Å². The van der Waals surface area contributed by atoms with E-state index in [1.54, 1.807) is 0 Å². The molecule has 0 aliphatic carbocycles. The Morgan fingerprint density at radius 3 is 1.68 bits per heavy atom. The molecule has 1 unspecified atom stereocenters. The van der Waals surface area contributed by atoms with E-state index in [-0.39, 0.29) is 11.3 Å². The second-order valence-electron chi connectivity index (χ2n) is 8.21. The first-order valence-corrected chi connectivity index (χ1v) is 10.2. The molecule has 1 atom stereocenters. The molecule has 0 aliphatic rings. The number of rotatable bonds is 9. The summed E-state index contributed by atoms with van der Waals surface area (Å²) in [6.07, 6.45) is 0. The predicted octanol–water partition coefficient (Wildman–Crippen LogP) is 4.40. The van der Waals surface area contributed by atoms with Crippen LogP contribution in [0.25, 0.3) is 0 Å². The van der Waals surface area contributed by atoms with Gasteiger partial charge >= 0.3 is 6.03 Å². The van der Waals surface area contributed by atoms with E-state index in [0.717, 1.165) is 6.54 Å². The van der Waals surface area contributed by atoms with Gasteiger partial charge in [0.25, 0.3) is 0 Å².